The maximum Gasteiger partial charge on any atom is 0.401 e. The molecule has 0 radical (unpaired) electrons. The number of carbonyl (C=O) groups excluding carboxylic acids is 1. The number of nitrogens with zero attached hydrogens (tertiary/aromatic N) is 1. The van der Waals surface area contributed by atoms with Crippen molar-refractivity contribution in [2.45, 2.75) is 19.0 Å². The topological polar surface area (TPSA) is 29.5 Å². The first-order chi connectivity index (χ1) is 11.3. The van der Waals surface area contributed by atoms with E-state index in [1.165, 1.54) is 11.0 Å². The van der Waals surface area contributed by atoms with Crippen LogP contribution in [0.2, 0.25) is 5.02 Å². The number of halogens is 4. The van der Waals surface area contributed by atoms with Gasteiger partial charge in [-0.05, 0) is 55.6 Å². The Morgan fingerprint density at radius 2 is 1.88 bits per heavy atom. The minimum absolute atomic E-state index is 0.113. The Balaban J connectivity index is 1.68. The molecule has 2 rings (SSSR count). The second-order valence-corrected chi connectivity index (χ2v) is 6.29. The molecule has 1 aromatic carbocycles. The number of ether oxygens (including phenoxy) is 1. The molecular formula is C17H19ClF3NO2. The van der Waals surface area contributed by atoms with E-state index < -0.39 is 18.7 Å². The maximum absolute atomic E-state index is 12.3. The van der Waals surface area contributed by atoms with Gasteiger partial charge in [0.25, 0.3) is 0 Å². The Hall–Kier alpha value is -1.53. The summed E-state index contributed by atoms with van der Waals surface area (Å²) in [7, 11) is 0. The number of hydrogen-bond acceptors (Lipinski definition) is 3. The highest BCUT2D eigenvalue weighted by molar-refractivity contribution is 6.30. The van der Waals surface area contributed by atoms with Gasteiger partial charge in [0.05, 0.1) is 13.2 Å². The first kappa shape index (κ1) is 18.8. The van der Waals surface area contributed by atoms with Crippen LogP contribution in [0, 0.1) is 5.92 Å². The van der Waals surface area contributed by atoms with Gasteiger partial charge in [-0.1, -0.05) is 23.7 Å². The van der Waals surface area contributed by atoms with Gasteiger partial charge in [0, 0.05) is 11.1 Å². The van der Waals surface area contributed by atoms with Gasteiger partial charge in [0.1, 0.15) is 0 Å². The van der Waals surface area contributed by atoms with Gasteiger partial charge in [0.2, 0.25) is 0 Å². The van der Waals surface area contributed by atoms with Crippen molar-refractivity contribution >= 4 is 23.6 Å². The Labute approximate surface area is 144 Å². The summed E-state index contributed by atoms with van der Waals surface area (Å²) in [6.07, 6.45) is 0.00685. The van der Waals surface area contributed by atoms with E-state index in [-0.39, 0.29) is 12.5 Å². The van der Waals surface area contributed by atoms with Crippen LogP contribution in [0.4, 0.5) is 13.2 Å². The molecule has 1 saturated heterocycles. The van der Waals surface area contributed by atoms with Crippen molar-refractivity contribution in [1.29, 1.82) is 0 Å². The van der Waals surface area contributed by atoms with Crippen molar-refractivity contribution in [3.63, 3.8) is 0 Å². The molecule has 132 valence electrons. The van der Waals surface area contributed by atoms with Crippen LogP contribution < -0.4 is 0 Å². The fraction of sp³-hybridized carbons (Fsp3) is 0.471. The average molecular weight is 362 g/mol. The molecule has 0 saturated carbocycles. The van der Waals surface area contributed by atoms with Gasteiger partial charge in [-0.25, -0.2) is 4.79 Å². The monoisotopic (exact) mass is 361 g/mol. The zero-order valence-corrected chi connectivity index (χ0v) is 13.8. The standard InChI is InChI=1S/C17H19ClF3NO2/c18-15-4-1-13(2-5-15)3-6-16(23)24-11-14-7-9-22(10-8-14)12-17(19,20)21/h1-6,14H,7-12H2. The van der Waals surface area contributed by atoms with Crippen LogP contribution in [-0.4, -0.2) is 43.3 Å². The molecule has 0 N–H and O–H groups in total. The first-order valence-corrected chi connectivity index (χ1v) is 8.09. The highest BCUT2D eigenvalue weighted by Crippen LogP contribution is 2.22. The maximum atomic E-state index is 12.3. The van der Waals surface area contributed by atoms with Crippen LogP contribution in [0.15, 0.2) is 30.3 Å². The molecule has 1 aromatic rings. The summed E-state index contributed by atoms with van der Waals surface area (Å²) in [4.78, 5) is 13.1. The Bertz CT molecular complexity index is 564. The summed E-state index contributed by atoms with van der Waals surface area (Å²) in [5.41, 5.74) is 0.830. The van der Waals surface area contributed by atoms with E-state index >= 15 is 0 Å². The predicted octanol–water partition coefficient (Wildman–Crippen LogP) is 4.17. The lowest BCUT2D eigenvalue weighted by Crippen LogP contribution is -2.40. The lowest BCUT2D eigenvalue weighted by Gasteiger charge is -2.31. The normalized spacial score (nSPS) is 17.3. The molecule has 0 unspecified atom stereocenters. The van der Waals surface area contributed by atoms with Crippen molar-refractivity contribution < 1.29 is 22.7 Å². The summed E-state index contributed by atoms with van der Waals surface area (Å²) in [5.74, 6) is -0.343. The van der Waals surface area contributed by atoms with E-state index in [9.17, 15) is 18.0 Å². The molecule has 0 spiro atoms. The second kappa shape index (κ2) is 8.53. The highest BCUT2D eigenvalue weighted by atomic mass is 35.5. The van der Waals surface area contributed by atoms with Gasteiger partial charge in [-0.2, -0.15) is 13.2 Å². The minimum atomic E-state index is -4.16. The third kappa shape index (κ3) is 6.93. The molecule has 1 aliphatic heterocycles. The number of hydrogen-bond donors (Lipinski definition) is 0. The fourth-order valence-electron chi connectivity index (χ4n) is 2.55. The van der Waals surface area contributed by atoms with E-state index in [1.807, 2.05) is 0 Å². The van der Waals surface area contributed by atoms with Crippen LogP contribution >= 0.6 is 11.6 Å². The van der Waals surface area contributed by atoms with Gasteiger partial charge in [0.15, 0.2) is 0 Å². The van der Waals surface area contributed by atoms with Crippen molar-refractivity contribution in [3.8, 4) is 0 Å². The molecule has 1 heterocycles. The first-order valence-electron chi connectivity index (χ1n) is 7.71. The lowest BCUT2D eigenvalue weighted by molar-refractivity contribution is -0.149. The summed E-state index contributed by atoms with van der Waals surface area (Å²) in [6.45, 7) is 0.123. The summed E-state index contributed by atoms with van der Waals surface area (Å²) in [5, 5.41) is 0.617. The molecule has 1 aliphatic rings. The van der Waals surface area contributed by atoms with Crippen molar-refractivity contribution in [3.05, 3.63) is 40.9 Å². The summed E-state index contributed by atoms with van der Waals surface area (Å²) < 4.78 is 42.1. The number of piperidine rings is 1. The lowest BCUT2D eigenvalue weighted by atomic mass is 9.98. The largest absolute Gasteiger partial charge is 0.462 e. The van der Waals surface area contributed by atoms with E-state index in [2.05, 4.69) is 0 Å². The quantitative estimate of drug-likeness (QED) is 0.582. The van der Waals surface area contributed by atoms with E-state index in [0.717, 1.165) is 5.56 Å². The van der Waals surface area contributed by atoms with Crippen LogP contribution in [0.25, 0.3) is 6.08 Å². The molecule has 24 heavy (non-hydrogen) atoms. The van der Waals surface area contributed by atoms with Crippen LogP contribution in [0.5, 0.6) is 0 Å². The van der Waals surface area contributed by atoms with E-state index in [0.29, 0.717) is 31.0 Å². The fourth-order valence-corrected chi connectivity index (χ4v) is 2.68. The molecular weight excluding hydrogens is 343 g/mol. The van der Waals surface area contributed by atoms with Gasteiger partial charge in [-0.15, -0.1) is 0 Å². The number of carbonyl (C=O) groups is 1. The molecule has 7 heteroatoms. The van der Waals surface area contributed by atoms with E-state index in [4.69, 9.17) is 16.3 Å². The number of rotatable bonds is 5. The third-order valence-electron chi connectivity index (χ3n) is 3.85. The zero-order valence-electron chi connectivity index (χ0n) is 13.1. The van der Waals surface area contributed by atoms with Crippen LogP contribution in [0.3, 0.4) is 0 Å². The van der Waals surface area contributed by atoms with Crippen molar-refractivity contribution in [2.24, 2.45) is 5.92 Å². The Kier molecular flexibility index (Phi) is 6.69. The Morgan fingerprint density at radius 1 is 1.25 bits per heavy atom. The summed E-state index contributed by atoms with van der Waals surface area (Å²) >= 11 is 5.77. The molecule has 0 bridgehead atoms. The molecule has 0 aliphatic carbocycles. The smallest absolute Gasteiger partial charge is 0.401 e. The van der Waals surface area contributed by atoms with Gasteiger partial charge < -0.3 is 4.74 Å². The SMILES string of the molecule is O=C(C=Cc1ccc(Cl)cc1)OCC1CCN(CC(F)(F)F)CC1. The highest BCUT2D eigenvalue weighted by Gasteiger charge is 2.32. The number of alkyl halides is 3. The number of benzene rings is 1. The number of likely N-dealkylation sites (tertiary alicyclic amines) is 1. The molecule has 0 amide bonds. The predicted molar refractivity (Wildman–Crippen MR) is 86.7 cm³/mol. The van der Waals surface area contributed by atoms with E-state index in [1.54, 1.807) is 30.3 Å². The van der Waals surface area contributed by atoms with Crippen molar-refractivity contribution in [1.82, 2.24) is 4.90 Å². The zero-order chi connectivity index (χ0) is 17.6. The molecule has 3 nitrogen and oxygen atoms in total. The molecule has 0 atom stereocenters. The van der Waals surface area contributed by atoms with Crippen LogP contribution in [-0.2, 0) is 9.53 Å². The summed E-state index contributed by atoms with van der Waals surface area (Å²) in [6, 6.07) is 7.01. The minimum Gasteiger partial charge on any atom is -0.462 e. The molecule has 0 aromatic heterocycles. The average Bonchev–Trinajstić information content (AvgIpc) is 2.52. The van der Waals surface area contributed by atoms with Crippen molar-refractivity contribution in [2.75, 3.05) is 26.2 Å². The van der Waals surface area contributed by atoms with Gasteiger partial charge >= 0.3 is 12.1 Å². The van der Waals surface area contributed by atoms with Crippen LogP contribution in [0.1, 0.15) is 18.4 Å². The third-order valence-corrected chi connectivity index (χ3v) is 4.11. The van der Waals surface area contributed by atoms with Gasteiger partial charge in [-0.3, -0.25) is 4.90 Å². The number of esters is 1. The molecule has 1 fully saturated rings. The Morgan fingerprint density at radius 3 is 2.46 bits per heavy atom. The second-order valence-electron chi connectivity index (χ2n) is 5.85.